The molecule has 3 nitrogen and oxygen atoms in total. The van der Waals surface area contributed by atoms with Crippen LogP contribution >= 0.6 is 0 Å². The normalized spacial score (nSPS) is 14.1. The quantitative estimate of drug-likeness (QED) is 0.616. The molecular weight excluding hydrogens is 257 g/mol. The predicted octanol–water partition coefficient (Wildman–Crippen LogP) is 3.64. The molecule has 0 amide bonds. The molecule has 0 aromatic heterocycles. The van der Waals surface area contributed by atoms with Gasteiger partial charge in [0.2, 0.25) is 0 Å². The van der Waals surface area contributed by atoms with E-state index in [1.54, 1.807) is 24.3 Å². The highest BCUT2D eigenvalue weighted by Gasteiger charge is 2.23. The fourth-order valence-corrected chi connectivity index (χ4v) is 2.17. The van der Waals surface area contributed by atoms with E-state index in [9.17, 15) is 9.18 Å². The number of aliphatic imine (C=N–C) groups is 1. The van der Waals surface area contributed by atoms with Crippen LogP contribution < -0.4 is 0 Å². The second-order valence-electron chi connectivity index (χ2n) is 4.58. The van der Waals surface area contributed by atoms with Crippen molar-refractivity contribution in [3.05, 3.63) is 65.0 Å². The summed E-state index contributed by atoms with van der Waals surface area (Å²) >= 11 is 0. The van der Waals surface area contributed by atoms with Gasteiger partial charge in [-0.15, -0.1) is 0 Å². The molecule has 2 aromatic carbocycles. The van der Waals surface area contributed by atoms with Crippen LogP contribution in [-0.2, 0) is 11.3 Å². The first-order chi connectivity index (χ1) is 9.65. The smallest absolute Gasteiger partial charge is 0.338 e. The Hall–Kier alpha value is -2.49. The van der Waals surface area contributed by atoms with Crippen molar-refractivity contribution >= 4 is 17.4 Å². The highest BCUT2D eigenvalue weighted by molar-refractivity contribution is 6.01. The van der Waals surface area contributed by atoms with E-state index in [1.165, 1.54) is 12.1 Å². The summed E-state index contributed by atoms with van der Waals surface area (Å²) in [5.41, 5.74) is 3.69. The Kier molecular flexibility index (Phi) is 3.06. The predicted molar refractivity (Wildman–Crippen MR) is 73.8 cm³/mol. The number of hydrogen-bond donors (Lipinski definition) is 0. The molecule has 0 bridgehead atoms. The van der Waals surface area contributed by atoms with E-state index in [2.05, 4.69) is 4.99 Å². The molecule has 0 aliphatic carbocycles. The third-order valence-corrected chi connectivity index (χ3v) is 3.27. The molecule has 0 saturated carbocycles. The van der Waals surface area contributed by atoms with Crippen molar-refractivity contribution in [2.45, 2.75) is 13.5 Å². The number of hydrogen-bond acceptors (Lipinski definition) is 3. The van der Waals surface area contributed by atoms with Crippen LogP contribution in [0.15, 0.2) is 47.5 Å². The van der Waals surface area contributed by atoms with Crippen LogP contribution in [0.2, 0.25) is 0 Å². The van der Waals surface area contributed by atoms with Gasteiger partial charge < -0.3 is 4.74 Å². The molecule has 0 N–H and O–H groups in total. The van der Waals surface area contributed by atoms with Gasteiger partial charge in [-0.25, -0.2) is 9.18 Å². The van der Waals surface area contributed by atoms with Crippen molar-refractivity contribution in [1.29, 1.82) is 0 Å². The molecule has 20 heavy (non-hydrogen) atoms. The highest BCUT2D eigenvalue weighted by Crippen LogP contribution is 2.29. The summed E-state index contributed by atoms with van der Waals surface area (Å²) in [5, 5.41) is 0. The fraction of sp³-hybridized carbons (Fsp3) is 0.125. The van der Waals surface area contributed by atoms with Gasteiger partial charge >= 0.3 is 5.97 Å². The van der Waals surface area contributed by atoms with Gasteiger partial charge in [-0.1, -0.05) is 18.2 Å². The van der Waals surface area contributed by atoms with E-state index in [4.69, 9.17) is 4.74 Å². The van der Waals surface area contributed by atoms with Gasteiger partial charge in [0, 0.05) is 11.3 Å². The molecule has 1 aliphatic heterocycles. The second-order valence-corrected chi connectivity index (χ2v) is 4.58. The maximum absolute atomic E-state index is 12.9. The zero-order valence-corrected chi connectivity index (χ0v) is 10.9. The van der Waals surface area contributed by atoms with Crippen molar-refractivity contribution in [1.82, 2.24) is 0 Å². The Morgan fingerprint density at radius 1 is 1.20 bits per heavy atom. The van der Waals surface area contributed by atoms with Crippen LogP contribution in [0.25, 0.3) is 0 Å². The number of carbonyl (C=O) groups excluding carboxylic acids is 1. The van der Waals surface area contributed by atoms with Gasteiger partial charge in [-0.2, -0.15) is 0 Å². The number of ether oxygens (including phenoxy) is 1. The Morgan fingerprint density at radius 3 is 2.70 bits per heavy atom. The number of rotatable bonds is 2. The lowest BCUT2D eigenvalue weighted by atomic mass is 10.1. The second kappa shape index (κ2) is 4.89. The molecule has 0 saturated heterocycles. The number of benzene rings is 2. The van der Waals surface area contributed by atoms with E-state index >= 15 is 0 Å². The summed E-state index contributed by atoms with van der Waals surface area (Å²) in [5.74, 6) is -0.586. The average Bonchev–Trinajstić information content (AvgIpc) is 2.82. The average molecular weight is 269 g/mol. The van der Waals surface area contributed by atoms with Gasteiger partial charge in [0.25, 0.3) is 0 Å². The van der Waals surface area contributed by atoms with Gasteiger partial charge in [-0.05, 0) is 36.8 Å². The Bertz CT molecular complexity index is 705. The maximum Gasteiger partial charge on any atom is 0.338 e. The minimum atomic E-state index is -0.309. The van der Waals surface area contributed by atoms with Crippen LogP contribution in [0.3, 0.4) is 0 Å². The van der Waals surface area contributed by atoms with E-state index in [0.29, 0.717) is 5.56 Å². The molecule has 0 atom stereocenters. The highest BCUT2D eigenvalue weighted by atomic mass is 19.1. The summed E-state index contributed by atoms with van der Waals surface area (Å²) < 4.78 is 17.9. The molecular formula is C16H12FNO2. The van der Waals surface area contributed by atoms with Crippen LogP contribution in [0.4, 0.5) is 10.1 Å². The number of carbonyl (C=O) groups is 1. The zero-order valence-electron chi connectivity index (χ0n) is 10.9. The summed E-state index contributed by atoms with van der Waals surface area (Å²) in [6, 6.07) is 11.5. The molecule has 0 unspecified atom stereocenters. The molecule has 0 spiro atoms. The van der Waals surface area contributed by atoms with E-state index in [1.807, 2.05) is 13.0 Å². The third kappa shape index (κ3) is 2.20. The summed E-state index contributed by atoms with van der Waals surface area (Å²) in [6.07, 6.45) is 0. The van der Waals surface area contributed by atoms with Gasteiger partial charge in [0.15, 0.2) is 0 Å². The number of fused-ring (bicyclic) bond motifs is 1. The Labute approximate surface area is 115 Å². The summed E-state index contributed by atoms with van der Waals surface area (Å²) in [7, 11) is 0. The number of nitrogens with zero attached hydrogens (tertiary/aromatic N) is 1. The van der Waals surface area contributed by atoms with Crippen molar-refractivity contribution in [3.63, 3.8) is 0 Å². The lowest BCUT2D eigenvalue weighted by Crippen LogP contribution is -1.95. The standard InChI is InChI=1S/C16H12FNO2/c1-10(11-5-7-12(17)8-6-11)18-15-4-2-3-13-14(15)9-20-16(13)19/h2-8H,9H2,1H3. The van der Waals surface area contributed by atoms with Gasteiger partial charge in [0.05, 0.1) is 11.3 Å². The van der Waals surface area contributed by atoms with Crippen LogP contribution in [0, 0.1) is 5.82 Å². The van der Waals surface area contributed by atoms with Crippen molar-refractivity contribution in [3.8, 4) is 0 Å². The molecule has 0 radical (unpaired) electrons. The molecule has 4 heteroatoms. The lowest BCUT2D eigenvalue weighted by Gasteiger charge is -2.04. The largest absolute Gasteiger partial charge is 0.457 e. The lowest BCUT2D eigenvalue weighted by molar-refractivity contribution is 0.0535. The fourth-order valence-electron chi connectivity index (χ4n) is 2.17. The monoisotopic (exact) mass is 269 g/mol. The van der Waals surface area contributed by atoms with Gasteiger partial charge in [0.1, 0.15) is 12.4 Å². The molecule has 100 valence electrons. The maximum atomic E-state index is 12.9. The number of halogens is 1. The molecule has 1 aliphatic rings. The molecule has 1 heterocycles. The van der Waals surface area contributed by atoms with E-state index < -0.39 is 0 Å². The van der Waals surface area contributed by atoms with E-state index in [0.717, 1.165) is 22.5 Å². The Morgan fingerprint density at radius 2 is 1.95 bits per heavy atom. The first-order valence-electron chi connectivity index (χ1n) is 6.25. The number of esters is 1. The van der Waals surface area contributed by atoms with Crippen molar-refractivity contribution in [2.75, 3.05) is 0 Å². The van der Waals surface area contributed by atoms with Crippen LogP contribution in [-0.4, -0.2) is 11.7 Å². The first kappa shape index (κ1) is 12.5. The van der Waals surface area contributed by atoms with Gasteiger partial charge in [-0.3, -0.25) is 4.99 Å². The third-order valence-electron chi connectivity index (χ3n) is 3.27. The van der Waals surface area contributed by atoms with Crippen LogP contribution in [0.5, 0.6) is 0 Å². The first-order valence-corrected chi connectivity index (χ1v) is 6.25. The Balaban J connectivity index is 2.00. The van der Waals surface area contributed by atoms with Crippen molar-refractivity contribution < 1.29 is 13.9 Å². The summed E-state index contributed by atoms with van der Waals surface area (Å²) in [4.78, 5) is 16.0. The molecule has 3 rings (SSSR count). The molecule has 0 fully saturated rings. The number of cyclic esters (lactones) is 1. The molecule has 2 aromatic rings. The van der Waals surface area contributed by atoms with Crippen LogP contribution in [0.1, 0.15) is 28.4 Å². The minimum absolute atomic E-state index is 0.255. The van der Waals surface area contributed by atoms with Crippen molar-refractivity contribution in [2.24, 2.45) is 4.99 Å². The topological polar surface area (TPSA) is 38.7 Å². The minimum Gasteiger partial charge on any atom is -0.457 e. The van der Waals surface area contributed by atoms with E-state index in [-0.39, 0.29) is 18.4 Å². The zero-order chi connectivity index (χ0) is 14.1. The SMILES string of the molecule is CC(=Nc1cccc2c1COC2=O)c1ccc(F)cc1. The summed E-state index contributed by atoms with van der Waals surface area (Å²) in [6.45, 7) is 2.11.